The number of fused-ring (bicyclic) bond motifs is 5. The van der Waals surface area contributed by atoms with Gasteiger partial charge in [-0.05, 0) is 103 Å². The van der Waals surface area contributed by atoms with Crippen LogP contribution >= 0.6 is 0 Å². The molecule has 0 fully saturated rings. The van der Waals surface area contributed by atoms with Gasteiger partial charge in [0.25, 0.3) is 0 Å². The van der Waals surface area contributed by atoms with Gasteiger partial charge < -0.3 is 15.6 Å². The van der Waals surface area contributed by atoms with E-state index in [4.69, 9.17) is 5.73 Å². The highest BCUT2D eigenvalue weighted by molar-refractivity contribution is 6.20. The molecule has 2 heterocycles. The van der Waals surface area contributed by atoms with Gasteiger partial charge in [0.2, 0.25) is 0 Å². The van der Waals surface area contributed by atoms with Crippen LogP contribution in [0.5, 0.6) is 0 Å². The number of nitrogens with two attached hydrogens (primary N) is 1. The number of rotatable bonds is 10. The molecule has 0 aliphatic rings. The van der Waals surface area contributed by atoms with E-state index in [-0.39, 0.29) is 0 Å². The Kier molecular flexibility index (Phi) is 9.42. The van der Waals surface area contributed by atoms with Crippen LogP contribution in [0.4, 0.5) is 0 Å². The summed E-state index contributed by atoms with van der Waals surface area (Å²) in [6, 6.07) is 30.8. The highest BCUT2D eigenvalue weighted by Gasteiger charge is 2.17. The molecular formula is C43H40N4. The maximum atomic E-state index is 5.72. The molecule has 0 radical (unpaired) electrons. The molecule has 47 heavy (non-hydrogen) atoms. The standard InChI is InChI=1S/C43H40N4/c1-5-30(23-24-44)31-12-11-13-32(26-31)34-17-21-40-41-22-18-35-27-33(36-15-19-37(46-29-36)14-9-8-10-25-45-4)16-20-39(35)43(41)47(42(40)28-34)38(6-2)7-3/h5-24,26-29,45H,2,25,44H2,1,3-4H3/b10-8-,14-9+,24-23-,30-5+,38-7+. The van der Waals surface area contributed by atoms with Crippen molar-refractivity contribution in [1.29, 1.82) is 0 Å². The minimum Gasteiger partial charge on any atom is -0.405 e. The van der Waals surface area contributed by atoms with Crippen molar-refractivity contribution in [2.24, 2.45) is 5.73 Å². The Hall–Kier alpha value is -5.71. The Morgan fingerprint density at radius 3 is 2.32 bits per heavy atom. The Morgan fingerprint density at radius 1 is 0.830 bits per heavy atom. The van der Waals surface area contributed by atoms with Crippen LogP contribution in [0.25, 0.3) is 72.2 Å². The lowest BCUT2D eigenvalue weighted by atomic mass is 9.97. The summed E-state index contributed by atoms with van der Waals surface area (Å²) in [7, 11) is 1.93. The van der Waals surface area contributed by atoms with Crippen LogP contribution in [-0.4, -0.2) is 23.1 Å². The van der Waals surface area contributed by atoms with E-state index < -0.39 is 0 Å². The lowest BCUT2D eigenvalue weighted by Gasteiger charge is -2.12. The Bertz CT molecular complexity index is 2240. The van der Waals surface area contributed by atoms with E-state index in [9.17, 15) is 0 Å². The number of nitrogens with zero attached hydrogens (tertiary/aromatic N) is 2. The molecular weight excluding hydrogens is 573 g/mol. The first-order valence-corrected chi connectivity index (χ1v) is 16.0. The maximum Gasteiger partial charge on any atom is 0.0630 e. The second kappa shape index (κ2) is 14.2. The molecule has 4 aromatic carbocycles. The van der Waals surface area contributed by atoms with E-state index in [1.165, 1.54) is 27.1 Å². The number of likely N-dealkylation sites (N-methyl/N-ethyl adjacent to an activating group) is 1. The minimum atomic E-state index is 0.844. The number of allylic oxidation sites excluding steroid dienone is 8. The van der Waals surface area contributed by atoms with Crippen molar-refractivity contribution in [1.82, 2.24) is 14.9 Å². The van der Waals surface area contributed by atoms with Crippen molar-refractivity contribution in [3.8, 4) is 22.3 Å². The maximum absolute atomic E-state index is 5.72. The summed E-state index contributed by atoms with van der Waals surface area (Å²) in [5.41, 5.74) is 16.8. The van der Waals surface area contributed by atoms with Gasteiger partial charge >= 0.3 is 0 Å². The van der Waals surface area contributed by atoms with E-state index in [1.807, 2.05) is 50.5 Å². The normalized spacial score (nSPS) is 12.9. The molecule has 232 valence electrons. The summed E-state index contributed by atoms with van der Waals surface area (Å²) in [5, 5.41) is 7.90. The van der Waals surface area contributed by atoms with Crippen molar-refractivity contribution < 1.29 is 0 Å². The second-order valence-electron chi connectivity index (χ2n) is 11.4. The number of hydrogen-bond acceptors (Lipinski definition) is 3. The SMILES string of the molecule is C=C/C(=C\C)n1c2cc(-c3cccc(C(/C=C\N)=C/C)c3)ccc2c2ccc3cc(-c4ccc(/C=C/C=C\CNC)nc4)ccc3c21. The monoisotopic (exact) mass is 612 g/mol. The largest absolute Gasteiger partial charge is 0.405 e. The molecule has 0 atom stereocenters. The van der Waals surface area contributed by atoms with Gasteiger partial charge in [0.15, 0.2) is 0 Å². The molecule has 0 unspecified atom stereocenters. The molecule has 0 saturated heterocycles. The van der Waals surface area contributed by atoms with Gasteiger partial charge in [-0.25, -0.2) is 0 Å². The third-order valence-electron chi connectivity index (χ3n) is 8.58. The second-order valence-corrected chi connectivity index (χ2v) is 11.4. The number of aromatic nitrogens is 2. The fourth-order valence-electron chi connectivity index (χ4n) is 6.24. The van der Waals surface area contributed by atoms with Crippen molar-refractivity contribution in [2.45, 2.75) is 13.8 Å². The molecule has 2 aromatic heterocycles. The Labute approximate surface area is 277 Å². The predicted molar refractivity (Wildman–Crippen MR) is 205 cm³/mol. The molecule has 0 bridgehead atoms. The summed E-state index contributed by atoms with van der Waals surface area (Å²) in [4.78, 5) is 4.68. The summed E-state index contributed by atoms with van der Waals surface area (Å²) < 4.78 is 2.36. The molecule has 0 spiro atoms. The van der Waals surface area contributed by atoms with Crippen molar-refractivity contribution in [3.05, 3.63) is 158 Å². The molecule has 4 nitrogen and oxygen atoms in total. The average molecular weight is 613 g/mol. The van der Waals surface area contributed by atoms with Crippen LogP contribution in [0.15, 0.2) is 146 Å². The first-order chi connectivity index (χ1) is 23.1. The van der Waals surface area contributed by atoms with Crippen LogP contribution in [0.1, 0.15) is 25.1 Å². The summed E-state index contributed by atoms with van der Waals surface area (Å²) in [6.07, 6.45) is 19.8. The zero-order chi connectivity index (χ0) is 32.8. The van der Waals surface area contributed by atoms with E-state index in [0.29, 0.717) is 0 Å². The highest BCUT2D eigenvalue weighted by atomic mass is 15.0. The topological polar surface area (TPSA) is 55.9 Å². The molecule has 0 amide bonds. The van der Waals surface area contributed by atoms with Crippen LogP contribution in [0, 0.1) is 0 Å². The third kappa shape index (κ3) is 6.24. The first kappa shape index (κ1) is 31.3. The molecule has 0 aliphatic carbocycles. The van der Waals surface area contributed by atoms with E-state index in [2.05, 4.69) is 132 Å². The number of hydrogen-bond donors (Lipinski definition) is 2. The van der Waals surface area contributed by atoms with Gasteiger partial charge in [-0.2, -0.15) is 0 Å². The van der Waals surface area contributed by atoms with E-state index in [1.54, 1.807) is 6.20 Å². The lowest BCUT2D eigenvalue weighted by Crippen LogP contribution is -2.03. The third-order valence-corrected chi connectivity index (χ3v) is 8.58. The molecule has 0 saturated carbocycles. The zero-order valence-electron chi connectivity index (χ0n) is 27.2. The summed E-state index contributed by atoms with van der Waals surface area (Å²) in [6.45, 7) is 9.13. The number of nitrogens with one attached hydrogen (secondary N) is 1. The lowest BCUT2D eigenvalue weighted by molar-refractivity contribution is 0.920. The quantitative estimate of drug-likeness (QED) is 0.151. The molecule has 6 aromatic rings. The van der Waals surface area contributed by atoms with E-state index >= 15 is 0 Å². The first-order valence-electron chi connectivity index (χ1n) is 16.0. The Balaban J connectivity index is 1.46. The molecule has 4 heteroatoms. The van der Waals surface area contributed by atoms with Crippen LogP contribution < -0.4 is 11.1 Å². The van der Waals surface area contributed by atoms with Crippen LogP contribution in [-0.2, 0) is 0 Å². The fraction of sp³-hybridized carbons (Fsp3) is 0.0930. The van der Waals surface area contributed by atoms with Crippen molar-refractivity contribution in [2.75, 3.05) is 13.6 Å². The van der Waals surface area contributed by atoms with Gasteiger partial charge in [0.1, 0.15) is 0 Å². The van der Waals surface area contributed by atoms with Crippen LogP contribution in [0.2, 0.25) is 0 Å². The number of pyridine rings is 1. The Morgan fingerprint density at radius 2 is 1.60 bits per heavy atom. The van der Waals surface area contributed by atoms with Crippen LogP contribution in [0.3, 0.4) is 0 Å². The molecule has 6 rings (SSSR count). The van der Waals surface area contributed by atoms with Gasteiger partial charge in [0.05, 0.1) is 16.7 Å². The minimum absolute atomic E-state index is 0.844. The average Bonchev–Trinajstić information content (AvgIpc) is 3.45. The van der Waals surface area contributed by atoms with E-state index in [0.717, 1.165) is 56.8 Å². The van der Waals surface area contributed by atoms with Gasteiger partial charge in [-0.15, -0.1) is 0 Å². The summed E-state index contributed by atoms with van der Waals surface area (Å²) >= 11 is 0. The van der Waals surface area contributed by atoms with Crippen molar-refractivity contribution in [3.63, 3.8) is 0 Å². The molecule has 3 N–H and O–H groups in total. The number of benzene rings is 4. The molecule has 0 aliphatic heterocycles. The highest BCUT2D eigenvalue weighted by Crippen LogP contribution is 2.39. The van der Waals surface area contributed by atoms with Gasteiger partial charge in [-0.1, -0.05) is 97.6 Å². The van der Waals surface area contributed by atoms with Gasteiger partial charge in [-0.3, -0.25) is 4.98 Å². The summed E-state index contributed by atoms with van der Waals surface area (Å²) in [5.74, 6) is 0. The fourth-order valence-corrected chi connectivity index (χ4v) is 6.24. The predicted octanol–water partition coefficient (Wildman–Crippen LogP) is 10.4. The van der Waals surface area contributed by atoms with Crippen molar-refractivity contribution >= 4 is 49.9 Å². The smallest absolute Gasteiger partial charge is 0.0630 e. The van der Waals surface area contributed by atoms with Gasteiger partial charge in [0, 0.05) is 40.2 Å². The zero-order valence-corrected chi connectivity index (χ0v) is 27.2.